The van der Waals surface area contributed by atoms with Gasteiger partial charge in [-0.1, -0.05) is 29.8 Å². The molecule has 1 fully saturated rings. The Morgan fingerprint density at radius 3 is 2.58 bits per heavy atom. The molecular formula is C16H20F3N5. The van der Waals surface area contributed by atoms with Crippen molar-refractivity contribution in [2.24, 2.45) is 0 Å². The van der Waals surface area contributed by atoms with E-state index >= 15 is 0 Å². The van der Waals surface area contributed by atoms with Crippen molar-refractivity contribution in [1.82, 2.24) is 25.1 Å². The largest absolute Gasteiger partial charge is 0.408 e. The molecule has 0 amide bonds. The third-order valence-corrected chi connectivity index (χ3v) is 4.53. The number of aromatic nitrogens is 4. The highest BCUT2D eigenvalue weighted by molar-refractivity contribution is 5.26. The summed E-state index contributed by atoms with van der Waals surface area (Å²) in [6, 6.07) is 8.71. The number of hydrogen-bond donors (Lipinski definition) is 0. The van der Waals surface area contributed by atoms with Gasteiger partial charge in [0.2, 0.25) is 0 Å². The van der Waals surface area contributed by atoms with E-state index in [1.54, 1.807) is 0 Å². The molecule has 2 heterocycles. The molecule has 0 aliphatic carbocycles. The number of aryl methyl sites for hydroxylation is 1. The molecule has 1 aromatic carbocycles. The van der Waals surface area contributed by atoms with E-state index in [2.05, 4.69) is 51.6 Å². The zero-order chi connectivity index (χ0) is 17.3. The van der Waals surface area contributed by atoms with Crippen LogP contribution in [0.4, 0.5) is 13.2 Å². The van der Waals surface area contributed by atoms with Gasteiger partial charge in [-0.05, 0) is 42.2 Å². The van der Waals surface area contributed by atoms with Crippen LogP contribution < -0.4 is 0 Å². The van der Waals surface area contributed by atoms with Gasteiger partial charge in [0.1, 0.15) is 6.54 Å². The van der Waals surface area contributed by atoms with Gasteiger partial charge in [0, 0.05) is 12.6 Å². The predicted octanol–water partition coefficient (Wildman–Crippen LogP) is 2.92. The molecule has 0 N–H and O–H groups in total. The quantitative estimate of drug-likeness (QED) is 0.859. The first kappa shape index (κ1) is 16.9. The Labute approximate surface area is 138 Å². The normalized spacial score (nSPS) is 22.2. The average Bonchev–Trinajstić information content (AvgIpc) is 3.06. The van der Waals surface area contributed by atoms with Crippen LogP contribution in [0.15, 0.2) is 24.3 Å². The van der Waals surface area contributed by atoms with Crippen molar-refractivity contribution in [3.63, 3.8) is 0 Å². The third-order valence-electron chi connectivity index (χ3n) is 4.53. The van der Waals surface area contributed by atoms with E-state index in [1.165, 1.54) is 11.1 Å². The van der Waals surface area contributed by atoms with Crippen LogP contribution in [0.25, 0.3) is 0 Å². The number of hydrogen-bond acceptors (Lipinski definition) is 4. The number of alkyl halides is 3. The van der Waals surface area contributed by atoms with Crippen LogP contribution in [0.1, 0.15) is 36.2 Å². The highest BCUT2D eigenvalue weighted by Gasteiger charge is 2.33. The van der Waals surface area contributed by atoms with Gasteiger partial charge in [-0.25, -0.2) is 4.68 Å². The van der Waals surface area contributed by atoms with Crippen molar-refractivity contribution in [2.45, 2.75) is 51.5 Å². The summed E-state index contributed by atoms with van der Waals surface area (Å²) in [5, 5.41) is 10.6. The molecule has 8 heteroatoms. The first-order chi connectivity index (χ1) is 11.3. The van der Waals surface area contributed by atoms with Crippen molar-refractivity contribution in [1.29, 1.82) is 0 Å². The van der Waals surface area contributed by atoms with E-state index < -0.39 is 12.7 Å². The maximum atomic E-state index is 12.6. The van der Waals surface area contributed by atoms with Crippen molar-refractivity contribution in [3.8, 4) is 0 Å². The molecule has 1 aliphatic rings. The Bertz CT molecular complexity index is 680. The zero-order valence-electron chi connectivity index (χ0n) is 13.7. The molecule has 1 saturated heterocycles. The summed E-state index contributed by atoms with van der Waals surface area (Å²) in [5.74, 6) is 0.635. The molecule has 0 saturated carbocycles. The number of nitrogens with zero attached hydrogens (tertiary/aromatic N) is 5. The lowest BCUT2D eigenvalue weighted by molar-refractivity contribution is -0.143. The van der Waals surface area contributed by atoms with E-state index in [4.69, 9.17) is 0 Å². The maximum absolute atomic E-state index is 12.6. The summed E-state index contributed by atoms with van der Waals surface area (Å²) >= 11 is 0. The highest BCUT2D eigenvalue weighted by Crippen LogP contribution is 2.32. The molecule has 0 bridgehead atoms. The van der Waals surface area contributed by atoms with E-state index in [0.29, 0.717) is 12.5 Å². The summed E-state index contributed by atoms with van der Waals surface area (Å²) in [6.45, 7) is 4.11. The van der Waals surface area contributed by atoms with Crippen LogP contribution in [0.3, 0.4) is 0 Å². The first-order valence-electron chi connectivity index (χ1n) is 7.94. The average molecular weight is 339 g/mol. The number of benzene rings is 1. The lowest BCUT2D eigenvalue weighted by atomic mass is 9.96. The van der Waals surface area contributed by atoms with Crippen molar-refractivity contribution in [3.05, 3.63) is 41.2 Å². The lowest BCUT2D eigenvalue weighted by Gasteiger charge is -2.20. The van der Waals surface area contributed by atoms with Gasteiger partial charge in [0.25, 0.3) is 0 Å². The Kier molecular flexibility index (Phi) is 4.58. The molecule has 0 radical (unpaired) electrons. The second-order valence-electron chi connectivity index (χ2n) is 6.49. The van der Waals surface area contributed by atoms with Gasteiger partial charge in [-0.2, -0.15) is 13.2 Å². The Morgan fingerprint density at radius 1 is 1.21 bits per heavy atom. The van der Waals surface area contributed by atoms with Crippen molar-refractivity contribution >= 4 is 0 Å². The topological polar surface area (TPSA) is 46.8 Å². The van der Waals surface area contributed by atoms with Crippen LogP contribution in [0.5, 0.6) is 0 Å². The molecule has 3 rings (SSSR count). The molecule has 2 atom stereocenters. The van der Waals surface area contributed by atoms with Gasteiger partial charge >= 0.3 is 6.18 Å². The second-order valence-corrected chi connectivity index (χ2v) is 6.49. The zero-order valence-corrected chi connectivity index (χ0v) is 13.7. The smallest absolute Gasteiger partial charge is 0.293 e. The molecular weight excluding hydrogens is 319 g/mol. The predicted molar refractivity (Wildman–Crippen MR) is 82.3 cm³/mol. The van der Waals surface area contributed by atoms with Gasteiger partial charge in [0.05, 0.1) is 6.54 Å². The Morgan fingerprint density at radius 2 is 1.92 bits per heavy atom. The number of likely N-dealkylation sites (tertiary alicyclic amines) is 1. The fourth-order valence-electron chi connectivity index (χ4n) is 3.21. The van der Waals surface area contributed by atoms with E-state index in [0.717, 1.165) is 17.6 Å². The molecule has 1 aliphatic heterocycles. The SMILES string of the molecule is Cc1ccc(C2CC(C)N(Cc3nnnn3CC(F)(F)F)C2)cc1. The summed E-state index contributed by atoms with van der Waals surface area (Å²) in [5.41, 5.74) is 2.48. The van der Waals surface area contributed by atoms with E-state index in [-0.39, 0.29) is 11.9 Å². The van der Waals surface area contributed by atoms with Crippen LogP contribution in [0.2, 0.25) is 0 Å². The maximum Gasteiger partial charge on any atom is 0.408 e. The highest BCUT2D eigenvalue weighted by atomic mass is 19.4. The molecule has 5 nitrogen and oxygen atoms in total. The Hall–Kier alpha value is -1.96. The first-order valence-corrected chi connectivity index (χ1v) is 7.94. The minimum atomic E-state index is -4.33. The standard InChI is InChI=1S/C16H20F3N5/c1-11-3-5-13(6-4-11)14-7-12(2)23(8-14)9-15-20-21-22-24(15)10-16(17,18)19/h3-6,12,14H,7-10H2,1-2H3. The van der Waals surface area contributed by atoms with E-state index in [9.17, 15) is 13.2 Å². The fraction of sp³-hybridized carbons (Fsp3) is 0.562. The van der Waals surface area contributed by atoms with Gasteiger partial charge in [-0.15, -0.1) is 5.10 Å². The van der Waals surface area contributed by atoms with Gasteiger partial charge < -0.3 is 0 Å². The third kappa shape index (κ3) is 3.92. The van der Waals surface area contributed by atoms with Crippen molar-refractivity contribution < 1.29 is 13.2 Å². The molecule has 2 aromatic rings. The van der Waals surface area contributed by atoms with E-state index in [1.807, 2.05) is 6.92 Å². The number of rotatable bonds is 4. The van der Waals surface area contributed by atoms with Crippen LogP contribution in [0, 0.1) is 6.92 Å². The van der Waals surface area contributed by atoms with Crippen LogP contribution >= 0.6 is 0 Å². The minimum absolute atomic E-state index is 0.253. The summed E-state index contributed by atoms with van der Waals surface area (Å²) < 4.78 is 38.6. The van der Waals surface area contributed by atoms with Gasteiger partial charge in [-0.3, -0.25) is 4.90 Å². The van der Waals surface area contributed by atoms with Crippen LogP contribution in [-0.2, 0) is 13.1 Å². The molecule has 2 unspecified atom stereocenters. The van der Waals surface area contributed by atoms with Crippen LogP contribution in [-0.4, -0.2) is 43.9 Å². The summed E-state index contributed by atoms with van der Waals surface area (Å²) in [4.78, 5) is 2.14. The molecule has 1 aromatic heterocycles. The molecule has 130 valence electrons. The monoisotopic (exact) mass is 339 g/mol. The second kappa shape index (κ2) is 6.51. The number of halogens is 3. The summed E-state index contributed by atoms with van der Waals surface area (Å²) in [7, 11) is 0. The minimum Gasteiger partial charge on any atom is -0.293 e. The summed E-state index contributed by atoms with van der Waals surface area (Å²) in [6.07, 6.45) is -3.35. The Balaban J connectivity index is 1.68. The van der Waals surface area contributed by atoms with Gasteiger partial charge in [0.15, 0.2) is 5.82 Å². The fourth-order valence-corrected chi connectivity index (χ4v) is 3.21. The lowest BCUT2D eigenvalue weighted by Crippen LogP contribution is -2.29. The molecule has 0 spiro atoms. The number of tetrazole rings is 1. The molecule has 24 heavy (non-hydrogen) atoms. The van der Waals surface area contributed by atoms with Crippen molar-refractivity contribution in [2.75, 3.05) is 6.54 Å².